The number of likely N-dealkylation sites (N-methyl/N-ethyl adjacent to an activating group) is 1. The number of rotatable bonds is 10. The molecule has 2 amide bonds. The molecule has 206 valence electrons. The van der Waals surface area contributed by atoms with Crippen LogP contribution in [0.4, 0.5) is 11.8 Å². The summed E-state index contributed by atoms with van der Waals surface area (Å²) in [6, 6.07) is 1.68. The average molecular weight is 553 g/mol. The van der Waals surface area contributed by atoms with Crippen molar-refractivity contribution in [2.24, 2.45) is 0 Å². The van der Waals surface area contributed by atoms with Crippen molar-refractivity contribution in [3.05, 3.63) is 57.3 Å². The topological polar surface area (TPSA) is 142 Å². The van der Waals surface area contributed by atoms with Gasteiger partial charge >= 0.3 is 0 Å². The third-order valence-corrected chi connectivity index (χ3v) is 7.07. The number of nitrogens with one attached hydrogen (secondary N) is 2. The molecule has 0 fully saturated rings. The van der Waals surface area contributed by atoms with Gasteiger partial charge in [-0.2, -0.15) is 4.98 Å². The summed E-state index contributed by atoms with van der Waals surface area (Å²) in [5.74, 6) is 0.411. The SMILES string of the molecule is CCN(CC)CCNC(=O)c1c[nH]c(/C=C2\C(=O)N(Cc3ncc(C)c(OC)c3C)c3nc(N)nc(Cl)c32)c1. The highest BCUT2D eigenvalue weighted by molar-refractivity contribution is 6.41. The first-order valence-corrected chi connectivity index (χ1v) is 13.1. The Kier molecular flexibility index (Phi) is 8.51. The van der Waals surface area contributed by atoms with E-state index in [1.54, 1.807) is 31.6 Å². The van der Waals surface area contributed by atoms with Crippen molar-refractivity contribution in [1.82, 2.24) is 30.2 Å². The molecule has 0 radical (unpaired) electrons. The maximum atomic E-state index is 13.7. The van der Waals surface area contributed by atoms with Gasteiger partial charge in [0, 0.05) is 42.3 Å². The molecule has 0 bridgehead atoms. The normalized spacial score (nSPS) is 13.9. The van der Waals surface area contributed by atoms with Gasteiger partial charge in [0.05, 0.1) is 36.0 Å². The second-order valence-corrected chi connectivity index (χ2v) is 9.55. The van der Waals surface area contributed by atoms with Gasteiger partial charge in [0.1, 0.15) is 10.9 Å². The highest BCUT2D eigenvalue weighted by Gasteiger charge is 2.37. The summed E-state index contributed by atoms with van der Waals surface area (Å²) < 4.78 is 5.52. The van der Waals surface area contributed by atoms with E-state index in [9.17, 15) is 9.59 Å². The third kappa shape index (κ3) is 5.74. The largest absolute Gasteiger partial charge is 0.496 e. The van der Waals surface area contributed by atoms with Crippen molar-refractivity contribution in [1.29, 1.82) is 0 Å². The number of aromatic nitrogens is 4. The Bertz CT molecular complexity index is 1430. The molecule has 4 N–H and O–H groups in total. The van der Waals surface area contributed by atoms with Crippen molar-refractivity contribution in [3.63, 3.8) is 0 Å². The van der Waals surface area contributed by atoms with E-state index >= 15 is 0 Å². The van der Waals surface area contributed by atoms with E-state index < -0.39 is 0 Å². The lowest BCUT2D eigenvalue weighted by Gasteiger charge is -2.19. The van der Waals surface area contributed by atoms with Crippen LogP contribution in [0, 0.1) is 13.8 Å². The fourth-order valence-corrected chi connectivity index (χ4v) is 4.90. The maximum absolute atomic E-state index is 13.7. The lowest BCUT2D eigenvalue weighted by atomic mass is 10.1. The zero-order valence-electron chi connectivity index (χ0n) is 22.8. The van der Waals surface area contributed by atoms with Gasteiger partial charge in [0.25, 0.3) is 11.8 Å². The van der Waals surface area contributed by atoms with Crippen LogP contribution in [0.15, 0.2) is 18.5 Å². The molecule has 4 heterocycles. The van der Waals surface area contributed by atoms with Crippen LogP contribution in [0.1, 0.15) is 52.3 Å². The van der Waals surface area contributed by atoms with Crippen LogP contribution in [0.25, 0.3) is 11.6 Å². The highest BCUT2D eigenvalue weighted by atomic mass is 35.5. The molecule has 0 spiro atoms. The number of nitrogen functional groups attached to an aromatic ring is 1. The number of ether oxygens (including phenoxy) is 1. The van der Waals surface area contributed by atoms with E-state index in [1.165, 1.54) is 4.90 Å². The van der Waals surface area contributed by atoms with E-state index in [4.69, 9.17) is 22.1 Å². The molecule has 0 saturated carbocycles. The van der Waals surface area contributed by atoms with Crippen LogP contribution >= 0.6 is 11.6 Å². The zero-order valence-corrected chi connectivity index (χ0v) is 23.5. The van der Waals surface area contributed by atoms with E-state index in [1.807, 2.05) is 13.8 Å². The van der Waals surface area contributed by atoms with Gasteiger partial charge in [0.2, 0.25) is 5.95 Å². The van der Waals surface area contributed by atoms with E-state index in [2.05, 4.69) is 44.0 Å². The summed E-state index contributed by atoms with van der Waals surface area (Å²) in [7, 11) is 1.60. The molecule has 3 aromatic rings. The number of nitrogens with two attached hydrogens (primary N) is 1. The Morgan fingerprint density at radius 1 is 1.28 bits per heavy atom. The molecule has 1 aliphatic heterocycles. The smallest absolute Gasteiger partial charge is 0.260 e. The van der Waals surface area contributed by atoms with Gasteiger partial charge in [-0.25, -0.2) is 4.98 Å². The lowest BCUT2D eigenvalue weighted by Crippen LogP contribution is -2.34. The van der Waals surface area contributed by atoms with E-state index in [0.717, 1.165) is 30.8 Å². The summed E-state index contributed by atoms with van der Waals surface area (Å²) in [4.78, 5) is 46.0. The van der Waals surface area contributed by atoms with E-state index in [-0.39, 0.29) is 35.0 Å². The summed E-state index contributed by atoms with van der Waals surface area (Å²) in [5, 5.41) is 2.99. The number of H-pyrrole nitrogens is 1. The van der Waals surface area contributed by atoms with Gasteiger partial charge in [0.15, 0.2) is 5.82 Å². The number of pyridine rings is 1. The number of aromatic amines is 1. The van der Waals surface area contributed by atoms with Crippen molar-refractivity contribution in [2.45, 2.75) is 34.2 Å². The number of amides is 2. The summed E-state index contributed by atoms with van der Waals surface area (Å²) >= 11 is 6.47. The molecule has 0 unspecified atom stereocenters. The minimum absolute atomic E-state index is 0.0486. The number of nitrogens with zero attached hydrogens (tertiary/aromatic N) is 5. The van der Waals surface area contributed by atoms with Gasteiger partial charge in [-0.05, 0) is 39.1 Å². The van der Waals surface area contributed by atoms with Crippen LogP contribution < -0.4 is 20.7 Å². The highest BCUT2D eigenvalue weighted by Crippen LogP contribution is 2.41. The first-order chi connectivity index (χ1) is 18.7. The zero-order chi connectivity index (χ0) is 28.3. The molecular formula is C27H33ClN8O3. The number of carbonyl (C=O) groups is 2. The number of hydrogen-bond donors (Lipinski definition) is 3. The van der Waals surface area contributed by atoms with Crippen LogP contribution in [0.3, 0.4) is 0 Å². The first-order valence-electron chi connectivity index (χ1n) is 12.7. The molecule has 11 nitrogen and oxygen atoms in total. The fraction of sp³-hybridized carbons (Fsp3) is 0.370. The van der Waals surface area contributed by atoms with Gasteiger partial charge in [-0.1, -0.05) is 25.4 Å². The van der Waals surface area contributed by atoms with Crippen molar-refractivity contribution < 1.29 is 14.3 Å². The predicted molar refractivity (Wildman–Crippen MR) is 152 cm³/mol. The van der Waals surface area contributed by atoms with Crippen molar-refractivity contribution in [3.8, 4) is 5.75 Å². The number of halogens is 1. The Morgan fingerprint density at radius 2 is 2.03 bits per heavy atom. The molecule has 3 aromatic heterocycles. The number of carbonyl (C=O) groups excluding carboxylic acids is 2. The molecule has 0 aliphatic carbocycles. The third-order valence-electron chi connectivity index (χ3n) is 6.80. The molecule has 0 saturated heterocycles. The molecule has 0 atom stereocenters. The van der Waals surface area contributed by atoms with Gasteiger partial charge in [-0.3, -0.25) is 19.5 Å². The summed E-state index contributed by atoms with van der Waals surface area (Å²) in [5.41, 5.74) is 9.90. The van der Waals surface area contributed by atoms with Gasteiger partial charge < -0.3 is 25.7 Å². The van der Waals surface area contributed by atoms with Crippen LogP contribution in [-0.4, -0.2) is 69.9 Å². The monoisotopic (exact) mass is 552 g/mol. The Hall–Kier alpha value is -3.96. The van der Waals surface area contributed by atoms with Crippen LogP contribution in [0.2, 0.25) is 5.15 Å². The maximum Gasteiger partial charge on any atom is 0.260 e. The number of fused-ring (bicyclic) bond motifs is 1. The molecule has 39 heavy (non-hydrogen) atoms. The second-order valence-electron chi connectivity index (χ2n) is 9.19. The van der Waals surface area contributed by atoms with Crippen LogP contribution in [-0.2, 0) is 11.3 Å². The van der Waals surface area contributed by atoms with E-state index in [0.29, 0.717) is 40.6 Å². The molecule has 12 heteroatoms. The minimum atomic E-state index is -0.340. The molecule has 1 aliphatic rings. The van der Waals surface area contributed by atoms with Crippen molar-refractivity contribution >= 4 is 46.8 Å². The fourth-order valence-electron chi connectivity index (χ4n) is 4.63. The standard InChI is InChI=1S/C27H33ClN8O3/c1-6-35(7-2)9-8-30-25(37)17-10-18(31-13-17)11-19-21-23(28)33-27(29)34-24(21)36(26(19)38)14-20-16(4)22(39-5)15(3)12-32-20/h10-13,31H,6-9,14H2,1-5H3,(H,30,37)(H2,29,33,34)/b19-11-. The number of aryl methyl sites for hydroxylation is 1. The quantitative estimate of drug-likeness (QED) is 0.257. The lowest BCUT2D eigenvalue weighted by molar-refractivity contribution is -0.113. The number of anilines is 2. The first kappa shape index (κ1) is 28.1. The minimum Gasteiger partial charge on any atom is -0.496 e. The van der Waals surface area contributed by atoms with Crippen molar-refractivity contribution in [2.75, 3.05) is 43.9 Å². The molecule has 0 aromatic carbocycles. The predicted octanol–water partition coefficient (Wildman–Crippen LogP) is 3.22. The van der Waals surface area contributed by atoms with Gasteiger partial charge in [-0.15, -0.1) is 0 Å². The molecular weight excluding hydrogens is 520 g/mol. The number of methoxy groups -OCH3 is 1. The van der Waals surface area contributed by atoms with Crippen LogP contribution in [0.5, 0.6) is 5.75 Å². The Labute approximate surface area is 232 Å². The Morgan fingerprint density at radius 3 is 2.72 bits per heavy atom. The summed E-state index contributed by atoms with van der Waals surface area (Å²) in [6.07, 6.45) is 4.94. The average Bonchev–Trinajstić information content (AvgIpc) is 3.47. The summed E-state index contributed by atoms with van der Waals surface area (Å²) in [6.45, 7) is 11.2. The number of hydrogen-bond acceptors (Lipinski definition) is 8. The molecule has 4 rings (SSSR count). The second kappa shape index (κ2) is 11.8. The Balaban J connectivity index is 1.62.